The lowest BCUT2D eigenvalue weighted by Gasteiger charge is -2.22. The Morgan fingerprint density at radius 1 is 1.07 bits per heavy atom. The van der Waals surface area contributed by atoms with Crippen LogP contribution in [0.15, 0.2) is 77.6 Å². The number of aromatic amines is 1. The molecule has 0 aliphatic carbocycles. The van der Waals surface area contributed by atoms with Crippen LogP contribution >= 0.6 is 0 Å². The first-order chi connectivity index (χ1) is 14.5. The van der Waals surface area contributed by atoms with Crippen molar-refractivity contribution in [3.05, 3.63) is 100.0 Å². The fraction of sp³-hybridized carbons (Fsp3) is 0.160. The maximum absolute atomic E-state index is 12.0. The molecule has 2 heterocycles. The van der Waals surface area contributed by atoms with Crippen LogP contribution in [-0.2, 0) is 11.8 Å². The second kappa shape index (κ2) is 7.84. The minimum Gasteiger partial charge on any atom is -0.439 e. The third-order valence-electron chi connectivity index (χ3n) is 5.20. The molecule has 1 unspecified atom stereocenters. The van der Waals surface area contributed by atoms with E-state index in [2.05, 4.69) is 16.0 Å². The van der Waals surface area contributed by atoms with E-state index in [1.807, 2.05) is 73.7 Å². The first-order valence-corrected chi connectivity index (χ1v) is 9.71. The highest BCUT2D eigenvalue weighted by atomic mass is 16.5. The zero-order valence-electron chi connectivity index (χ0n) is 16.8. The summed E-state index contributed by atoms with van der Waals surface area (Å²) in [4.78, 5) is 19.5. The molecule has 4 rings (SSSR count). The van der Waals surface area contributed by atoms with Crippen molar-refractivity contribution in [1.82, 2.24) is 9.97 Å². The highest BCUT2D eigenvalue weighted by Gasteiger charge is 2.28. The molecule has 0 aliphatic heterocycles. The van der Waals surface area contributed by atoms with Gasteiger partial charge in [-0.3, -0.25) is 4.79 Å². The summed E-state index contributed by atoms with van der Waals surface area (Å²) in [5.41, 5.74) is 2.04. The predicted octanol–water partition coefficient (Wildman–Crippen LogP) is 5.05. The molecule has 1 N–H and O–H groups in total. The highest BCUT2D eigenvalue weighted by molar-refractivity contribution is 5.80. The van der Waals surface area contributed by atoms with Crippen molar-refractivity contribution in [3.8, 4) is 17.7 Å². The molecule has 0 radical (unpaired) electrons. The van der Waals surface area contributed by atoms with Gasteiger partial charge in [-0.05, 0) is 55.1 Å². The van der Waals surface area contributed by atoms with Gasteiger partial charge in [-0.2, -0.15) is 5.26 Å². The first kappa shape index (κ1) is 19.4. The Balaban J connectivity index is 1.64. The van der Waals surface area contributed by atoms with Crippen LogP contribution in [0.5, 0.6) is 11.6 Å². The van der Waals surface area contributed by atoms with Crippen molar-refractivity contribution < 1.29 is 4.74 Å². The van der Waals surface area contributed by atoms with Crippen LogP contribution in [0.2, 0.25) is 0 Å². The lowest BCUT2D eigenvalue weighted by molar-refractivity contribution is 0.458. The van der Waals surface area contributed by atoms with Crippen LogP contribution in [-0.4, -0.2) is 9.97 Å². The third-order valence-corrected chi connectivity index (χ3v) is 5.20. The summed E-state index contributed by atoms with van der Waals surface area (Å²) in [6.45, 7) is 3.66. The van der Waals surface area contributed by atoms with Gasteiger partial charge in [0.25, 0.3) is 5.56 Å². The number of fused-ring (bicyclic) bond motifs is 1. The van der Waals surface area contributed by atoms with Gasteiger partial charge in [0, 0.05) is 29.3 Å². The number of rotatable bonds is 5. The fourth-order valence-electron chi connectivity index (χ4n) is 3.44. The van der Waals surface area contributed by atoms with Crippen LogP contribution in [0, 0.1) is 18.3 Å². The normalized spacial score (nSPS) is 12.8. The molecular formula is C25H21N3O2. The SMILES string of the molecule is Cc1cc2ccc(C(C)(C#N)Cc3cccc(Oc4ccccc4)n3)cc2[nH]c1=O. The Labute approximate surface area is 174 Å². The molecule has 0 amide bonds. The quantitative estimate of drug-likeness (QED) is 0.513. The third kappa shape index (κ3) is 3.94. The van der Waals surface area contributed by atoms with Crippen molar-refractivity contribution in [2.75, 3.05) is 0 Å². The van der Waals surface area contributed by atoms with Gasteiger partial charge in [-0.1, -0.05) is 36.4 Å². The van der Waals surface area contributed by atoms with E-state index in [0.29, 0.717) is 23.6 Å². The molecule has 0 bridgehead atoms. The number of aromatic nitrogens is 2. The number of nitriles is 1. The summed E-state index contributed by atoms with van der Waals surface area (Å²) in [7, 11) is 0. The van der Waals surface area contributed by atoms with Gasteiger partial charge in [0.15, 0.2) is 0 Å². The minimum absolute atomic E-state index is 0.120. The minimum atomic E-state index is -0.811. The largest absolute Gasteiger partial charge is 0.439 e. The van der Waals surface area contributed by atoms with Gasteiger partial charge in [-0.15, -0.1) is 0 Å². The molecular weight excluding hydrogens is 374 g/mol. The average Bonchev–Trinajstić information content (AvgIpc) is 2.75. The van der Waals surface area contributed by atoms with E-state index in [4.69, 9.17) is 4.74 Å². The fourth-order valence-corrected chi connectivity index (χ4v) is 3.44. The zero-order valence-corrected chi connectivity index (χ0v) is 16.8. The highest BCUT2D eigenvalue weighted by Crippen LogP contribution is 2.30. The predicted molar refractivity (Wildman–Crippen MR) is 117 cm³/mol. The summed E-state index contributed by atoms with van der Waals surface area (Å²) in [5.74, 6) is 1.19. The molecule has 148 valence electrons. The van der Waals surface area contributed by atoms with Gasteiger partial charge in [0.2, 0.25) is 5.88 Å². The molecule has 30 heavy (non-hydrogen) atoms. The van der Waals surface area contributed by atoms with Gasteiger partial charge in [0.05, 0.1) is 11.5 Å². The summed E-state index contributed by atoms with van der Waals surface area (Å²) in [6, 6.07) is 25.1. The van der Waals surface area contributed by atoms with Gasteiger partial charge in [0.1, 0.15) is 5.75 Å². The van der Waals surface area contributed by atoms with E-state index in [1.54, 1.807) is 13.0 Å². The number of aryl methyl sites for hydroxylation is 1. The van der Waals surface area contributed by atoms with Gasteiger partial charge in [-0.25, -0.2) is 4.98 Å². The topological polar surface area (TPSA) is 78.8 Å². The molecule has 2 aromatic heterocycles. The summed E-state index contributed by atoms with van der Waals surface area (Å²) in [6.07, 6.45) is 0.414. The molecule has 1 atom stereocenters. The lowest BCUT2D eigenvalue weighted by Crippen LogP contribution is -2.23. The standard InChI is InChI=1S/C25H21N3O2/c1-17-13-18-11-12-19(14-22(18)28-24(17)29)25(2,16-26)15-20-7-6-10-23(27-20)30-21-8-4-3-5-9-21/h3-14H,15H2,1-2H3,(H,28,29). The Bertz CT molecular complexity index is 1310. The van der Waals surface area contributed by atoms with Crippen molar-refractivity contribution in [3.63, 3.8) is 0 Å². The monoisotopic (exact) mass is 395 g/mol. The zero-order chi connectivity index (χ0) is 21.1. The van der Waals surface area contributed by atoms with Crippen molar-refractivity contribution >= 4 is 10.9 Å². The average molecular weight is 395 g/mol. The second-order valence-corrected chi connectivity index (χ2v) is 7.59. The van der Waals surface area contributed by atoms with E-state index in [0.717, 1.165) is 22.2 Å². The van der Waals surface area contributed by atoms with Crippen LogP contribution in [0.4, 0.5) is 0 Å². The summed E-state index contributed by atoms with van der Waals surface area (Å²) < 4.78 is 5.82. The number of H-pyrrole nitrogens is 1. The number of nitrogens with zero attached hydrogens (tertiary/aromatic N) is 2. The molecule has 5 nitrogen and oxygen atoms in total. The van der Waals surface area contributed by atoms with Crippen LogP contribution in [0.25, 0.3) is 10.9 Å². The van der Waals surface area contributed by atoms with Gasteiger partial charge >= 0.3 is 0 Å². The second-order valence-electron chi connectivity index (χ2n) is 7.59. The molecule has 2 aromatic carbocycles. The molecule has 0 aliphatic rings. The number of ether oxygens (including phenoxy) is 1. The van der Waals surface area contributed by atoms with Crippen LogP contribution in [0.1, 0.15) is 23.7 Å². The number of nitrogens with one attached hydrogen (secondary N) is 1. The van der Waals surface area contributed by atoms with Crippen molar-refractivity contribution in [2.24, 2.45) is 0 Å². The Morgan fingerprint density at radius 3 is 2.63 bits per heavy atom. The smallest absolute Gasteiger partial charge is 0.251 e. The van der Waals surface area contributed by atoms with Crippen molar-refractivity contribution in [2.45, 2.75) is 25.7 Å². The molecule has 0 saturated carbocycles. The van der Waals surface area contributed by atoms with Crippen LogP contribution < -0.4 is 10.3 Å². The molecule has 0 fully saturated rings. The molecule has 4 aromatic rings. The van der Waals surface area contributed by atoms with Gasteiger partial charge < -0.3 is 9.72 Å². The number of benzene rings is 2. The number of hydrogen-bond acceptors (Lipinski definition) is 4. The molecule has 0 saturated heterocycles. The maximum Gasteiger partial charge on any atom is 0.251 e. The number of hydrogen-bond donors (Lipinski definition) is 1. The van der Waals surface area contributed by atoms with Crippen LogP contribution in [0.3, 0.4) is 0 Å². The first-order valence-electron chi connectivity index (χ1n) is 9.71. The van der Waals surface area contributed by atoms with E-state index in [1.165, 1.54) is 0 Å². The van der Waals surface area contributed by atoms with E-state index in [-0.39, 0.29) is 5.56 Å². The molecule has 0 spiro atoms. The summed E-state index contributed by atoms with van der Waals surface area (Å²) in [5, 5.41) is 10.9. The summed E-state index contributed by atoms with van der Waals surface area (Å²) >= 11 is 0. The Hall–Kier alpha value is -3.91. The number of para-hydroxylation sites is 1. The van der Waals surface area contributed by atoms with Crippen molar-refractivity contribution in [1.29, 1.82) is 5.26 Å². The maximum atomic E-state index is 12.0. The van der Waals surface area contributed by atoms with E-state index >= 15 is 0 Å². The molecule has 5 heteroatoms. The lowest BCUT2D eigenvalue weighted by atomic mass is 9.79. The van der Waals surface area contributed by atoms with E-state index < -0.39 is 5.41 Å². The Morgan fingerprint density at radius 2 is 1.87 bits per heavy atom. The number of pyridine rings is 2. The van der Waals surface area contributed by atoms with E-state index in [9.17, 15) is 10.1 Å². The Kier molecular flexibility index (Phi) is 5.07.